The van der Waals surface area contributed by atoms with Crippen LogP contribution in [0.15, 0.2) is 47.4 Å². The maximum atomic E-state index is 12.9. The molecule has 0 bridgehead atoms. The van der Waals surface area contributed by atoms with Gasteiger partial charge in [0.05, 0.1) is 43.0 Å². The number of methoxy groups -OCH3 is 1. The molecule has 1 fully saturated rings. The molecule has 1 N–H and O–H groups in total. The maximum absolute atomic E-state index is 12.9. The summed E-state index contributed by atoms with van der Waals surface area (Å²) in [6.45, 7) is 3.64. The van der Waals surface area contributed by atoms with Gasteiger partial charge in [-0.2, -0.15) is 0 Å². The molecule has 0 spiro atoms. The Hall–Kier alpha value is -3.11. The Morgan fingerprint density at radius 1 is 1.10 bits per heavy atom. The van der Waals surface area contributed by atoms with Crippen molar-refractivity contribution in [2.75, 3.05) is 44.7 Å². The van der Waals surface area contributed by atoms with E-state index in [4.69, 9.17) is 14.2 Å². The Morgan fingerprint density at radius 3 is 2.39 bits per heavy atom. The van der Waals surface area contributed by atoms with Crippen LogP contribution in [0.4, 0.5) is 5.69 Å². The number of nitrogens with zero attached hydrogens (tertiary/aromatic N) is 1. The van der Waals surface area contributed by atoms with Crippen molar-refractivity contribution in [1.29, 1.82) is 0 Å². The summed E-state index contributed by atoms with van der Waals surface area (Å²) >= 11 is 0. The van der Waals surface area contributed by atoms with Crippen molar-refractivity contribution in [3.05, 3.63) is 53.6 Å². The van der Waals surface area contributed by atoms with Gasteiger partial charge in [-0.1, -0.05) is 0 Å². The lowest BCUT2D eigenvalue weighted by atomic mass is 10.1. The number of amides is 1. The highest BCUT2D eigenvalue weighted by Gasteiger charge is 2.25. The van der Waals surface area contributed by atoms with E-state index in [2.05, 4.69) is 4.72 Å². The summed E-state index contributed by atoms with van der Waals surface area (Å²) < 4.78 is 43.7. The van der Waals surface area contributed by atoms with Gasteiger partial charge in [0.15, 0.2) is 0 Å². The van der Waals surface area contributed by atoms with E-state index in [0.717, 1.165) is 0 Å². The second kappa shape index (κ2) is 9.80. The first kappa shape index (κ1) is 22.6. The molecular weight excluding hydrogens is 424 g/mol. The van der Waals surface area contributed by atoms with Gasteiger partial charge in [-0.15, -0.1) is 0 Å². The van der Waals surface area contributed by atoms with Gasteiger partial charge in [-0.25, -0.2) is 13.2 Å². The zero-order valence-corrected chi connectivity index (χ0v) is 18.1. The molecule has 1 aliphatic rings. The molecule has 0 aliphatic carbocycles. The average Bonchev–Trinajstić information content (AvgIpc) is 2.79. The summed E-state index contributed by atoms with van der Waals surface area (Å²) in [7, 11) is -2.57. The van der Waals surface area contributed by atoms with Gasteiger partial charge in [0, 0.05) is 18.8 Å². The van der Waals surface area contributed by atoms with Crippen LogP contribution >= 0.6 is 0 Å². The molecule has 0 atom stereocenters. The van der Waals surface area contributed by atoms with Crippen LogP contribution in [-0.4, -0.2) is 65.2 Å². The summed E-state index contributed by atoms with van der Waals surface area (Å²) in [6.07, 6.45) is 0. The molecule has 1 amide bonds. The van der Waals surface area contributed by atoms with Gasteiger partial charge >= 0.3 is 5.97 Å². The lowest BCUT2D eigenvalue weighted by Gasteiger charge is -2.27. The summed E-state index contributed by atoms with van der Waals surface area (Å²) in [5.74, 6) is -0.524. The smallest absolute Gasteiger partial charge is 0.338 e. The van der Waals surface area contributed by atoms with Crippen LogP contribution < -0.4 is 9.46 Å². The van der Waals surface area contributed by atoms with Crippen LogP contribution in [0.2, 0.25) is 0 Å². The quantitative estimate of drug-likeness (QED) is 0.646. The SMILES string of the molecule is CCOC(=O)c1ccc(NS(=O)(=O)c2ccc(OC)c(C(=O)N3CCOCC3)c2)cc1. The van der Waals surface area contributed by atoms with E-state index in [1.807, 2.05) is 0 Å². The number of ether oxygens (including phenoxy) is 3. The van der Waals surface area contributed by atoms with Gasteiger partial charge in [-0.3, -0.25) is 9.52 Å². The zero-order chi connectivity index (χ0) is 22.4. The van der Waals surface area contributed by atoms with Crippen molar-refractivity contribution in [1.82, 2.24) is 4.90 Å². The van der Waals surface area contributed by atoms with Crippen LogP contribution in [-0.2, 0) is 19.5 Å². The van der Waals surface area contributed by atoms with E-state index in [-0.39, 0.29) is 34.4 Å². The highest BCUT2D eigenvalue weighted by molar-refractivity contribution is 7.92. The molecule has 0 unspecified atom stereocenters. The molecule has 9 nitrogen and oxygen atoms in total. The standard InChI is InChI=1S/C21H24N2O7S/c1-3-30-21(25)15-4-6-16(7-5-15)22-31(26,27)17-8-9-19(28-2)18(14-17)20(24)23-10-12-29-13-11-23/h4-9,14,22H,3,10-13H2,1-2H3. The Morgan fingerprint density at radius 2 is 1.77 bits per heavy atom. The Kier molecular flexibility index (Phi) is 7.13. The number of sulfonamides is 1. The van der Waals surface area contributed by atoms with Crippen LogP contribution in [0, 0.1) is 0 Å². The van der Waals surface area contributed by atoms with Crippen molar-refractivity contribution in [2.45, 2.75) is 11.8 Å². The van der Waals surface area contributed by atoms with Crippen molar-refractivity contribution in [3.63, 3.8) is 0 Å². The van der Waals surface area contributed by atoms with Gasteiger partial charge in [-0.05, 0) is 49.4 Å². The first-order valence-electron chi connectivity index (χ1n) is 9.70. The molecule has 31 heavy (non-hydrogen) atoms. The third-order valence-corrected chi connectivity index (χ3v) is 6.04. The second-order valence-electron chi connectivity index (χ2n) is 6.67. The topological polar surface area (TPSA) is 111 Å². The fourth-order valence-corrected chi connectivity index (χ4v) is 4.15. The third kappa shape index (κ3) is 5.33. The van der Waals surface area contributed by atoms with E-state index in [0.29, 0.717) is 31.9 Å². The van der Waals surface area contributed by atoms with Gasteiger partial charge < -0.3 is 19.1 Å². The summed E-state index contributed by atoms with van der Waals surface area (Å²) in [4.78, 5) is 26.2. The molecular formula is C21H24N2O7S. The molecule has 1 saturated heterocycles. The number of esters is 1. The van der Waals surface area contributed by atoms with Crippen LogP contribution in [0.1, 0.15) is 27.6 Å². The molecule has 3 rings (SSSR count). The molecule has 0 aromatic heterocycles. The number of carbonyl (C=O) groups is 2. The minimum absolute atomic E-state index is 0.0839. The predicted octanol–water partition coefficient (Wildman–Crippen LogP) is 2.15. The summed E-state index contributed by atoms with van der Waals surface area (Å²) in [5, 5.41) is 0. The lowest BCUT2D eigenvalue weighted by molar-refractivity contribution is 0.0300. The number of hydrogen-bond donors (Lipinski definition) is 1. The number of nitrogens with one attached hydrogen (secondary N) is 1. The summed E-state index contributed by atoms with van der Waals surface area (Å²) in [5.41, 5.74) is 0.738. The second-order valence-corrected chi connectivity index (χ2v) is 8.35. The highest BCUT2D eigenvalue weighted by Crippen LogP contribution is 2.26. The lowest BCUT2D eigenvalue weighted by Crippen LogP contribution is -2.40. The van der Waals surface area contributed by atoms with E-state index in [1.54, 1.807) is 11.8 Å². The first-order chi connectivity index (χ1) is 14.9. The number of morpholine rings is 1. The average molecular weight is 448 g/mol. The molecule has 1 heterocycles. The van der Waals surface area contributed by atoms with Crippen molar-refractivity contribution < 1.29 is 32.2 Å². The van der Waals surface area contributed by atoms with Gasteiger partial charge in [0.2, 0.25) is 0 Å². The third-order valence-electron chi connectivity index (χ3n) is 4.66. The number of carbonyl (C=O) groups excluding carboxylic acids is 2. The van der Waals surface area contributed by atoms with E-state index in [9.17, 15) is 18.0 Å². The Labute approximate surface area is 181 Å². The molecule has 1 aliphatic heterocycles. The zero-order valence-electron chi connectivity index (χ0n) is 17.3. The van der Waals surface area contributed by atoms with Crippen LogP contribution in [0.3, 0.4) is 0 Å². The molecule has 10 heteroatoms. The van der Waals surface area contributed by atoms with Crippen molar-refractivity contribution in [3.8, 4) is 5.75 Å². The molecule has 0 radical (unpaired) electrons. The largest absolute Gasteiger partial charge is 0.496 e. The summed E-state index contributed by atoms with van der Waals surface area (Å²) in [6, 6.07) is 9.98. The molecule has 2 aromatic rings. The van der Waals surface area contributed by atoms with Gasteiger partial charge in [0.1, 0.15) is 5.75 Å². The minimum Gasteiger partial charge on any atom is -0.496 e. The highest BCUT2D eigenvalue weighted by atomic mass is 32.2. The van der Waals surface area contributed by atoms with Crippen LogP contribution in [0.25, 0.3) is 0 Å². The Balaban J connectivity index is 1.83. The van der Waals surface area contributed by atoms with Crippen LogP contribution in [0.5, 0.6) is 5.75 Å². The Bertz CT molecular complexity index is 1050. The monoisotopic (exact) mass is 448 g/mol. The minimum atomic E-state index is -3.99. The molecule has 166 valence electrons. The number of anilines is 1. The first-order valence-corrected chi connectivity index (χ1v) is 11.2. The number of hydrogen-bond acceptors (Lipinski definition) is 7. The van der Waals surface area contributed by atoms with Gasteiger partial charge in [0.25, 0.3) is 15.9 Å². The maximum Gasteiger partial charge on any atom is 0.338 e. The van der Waals surface area contributed by atoms with Crippen molar-refractivity contribution >= 4 is 27.6 Å². The fraction of sp³-hybridized carbons (Fsp3) is 0.333. The van der Waals surface area contributed by atoms with E-state index in [1.165, 1.54) is 49.6 Å². The predicted molar refractivity (Wildman–Crippen MR) is 113 cm³/mol. The van der Waals surface area contributed by atoms with E-state index >= 15 is 0 Å². The fourth-order valence-electron chi connectivity index (χ4n) is 3.06. The number of rotatable bonds is 7. The van der Waals surface area contributed by atoms with E-state index < -0.39 is 16.0 Å². The normalized spacial score (nSPS) is 14.1. The number of benzene rings is 2. The van der Waals surface area contributed by atoms with Crippen molar-refractivity contribution in [2.24, 2.45) is 0 Å². The molecule has 0 saturated carbocycles. The molecule has 2 aromatic carbocycles.